The van der Waals surface area contributed by atoms with Crippen molar-refractivity contribution < 1.29 is 17.9 Å². The van der Waals surface area contributed by atoms with Gasteiger partial charge in [0.05, 0.1) is 30.2 Å². The summed E-state index contributed by atoms with van der Waals surface area (Å²) in [5, 5.41) is 22.3. The van der Waals surface area contributed by atoms with Gasteiger partial charge in [-0.2, -0.15) is 23.5 Å². The Morgan fingerprint density at radius 1 is 1.32 bits per heavy atom. The summed E-state index contributed by atoms with van der Waals surface area (Å²) in [6.07, 6.45) is -2.48. The van der Waals surface area contributed by atoms with Crippen molar-refractivity contribution in [2.24, 2.45) is 5.73 Å². The molecule has 10 nitrogen and oxygen atoms in total. The molecule has 3 aromatic rings. The summed E-state index contributed by atoms with van der Waals surface area (Å²) in [6, 6.07) is 6.47. The van der Waals surface area contributed by atoms with E-state index in [1.165, 1.54) is 12.1 Å². The Kier molecular flexibility index (Phi) is 6.83. The van der Waals surface area contributed by atoms with E-state index >= 15 is 0 Å². The van der Waals surface area contributed by atoms with Crippen LogP contribution in [0.4, 0.5) is 13.2 Å². The number of allylic oxidation sites excluding steroid dienone is 1. The second-order valence-corrected chi connectivity index (χ2v) is 7.05. The molecule has 0 unspecified atom stereocenters. The minimum atomic E-state index is -5.05. The lowest BCUT2D eigenvalue weighted by molar-refractivity contribution is -0.142. The summed E-state index contributed by atoms with van der Waals surface area (Å²) >= 11 is 5.86. The van der Waals surface area contributed by atoms with Gasteiger partial charge in [0.25, 0.3) is 11.1 Å². The van der Waals surface area contributed by atoms with Crippen LogP contribution in [0.2, 0.25) is 5.02 Å². The first-order chi connectivity index (χ1) is 16.1. The van der Waals surface area contributed by atoms with Crippen LogP contribution in [0.5, 0.6) is 11.5 Å². The Hall–Kier alpha value is -4.44. The van der Waals surface area contributed by atoms with Gasteiger partial charge in [-0.25, -0.2) is 10.1 Å². The molecule has 0 amide bonds. The fraction of sp³-hybridized carbons (Fsp3) is 0.100. The van der Waals surface area contributed by atoms with Crippen LogP contribution in [0, 0.1) is 16.7 Å². The summed E-state index contributed by atoms with van der Waals surface area (Å²) < 4.78 is 46.5. The summed E-state index contributed by atoms with van der Waals surface area (Å²) in [6.45, 7) is -0.500. The summed E-state index contributed by atoms with van der Waals surface area (Å²) in [7, 11) is 0. The molecule has 2 heterocycles. The number of alkyl halides is 3. The number of rotatable bonds is 6. The van der Waals surface area contributed by atoms with Crippen molar-refractivity contribution >= 4 is 23.4 Å². The Bertz CT molecular complexity index is 1460. The Morgan fingerprint density at radius 3 is 2.68 bits per heavy atom. The molecule has 0 spiro atoms. The average molecular weight is 492 g/mol. The van der Waals surface area contributed by atoms with E-state index in [9.17, 15) is 22.8 Å². The van der Waals surface area contributed by atoms with Crippen LogP contribution in [0.15, 0.2) is 46.4 Å². The third kappa shape index (κ3) is 5.13. The van der Waals surface area contributed by atoms with Gasteiger partial charge in [0, 0.05) is 28.6 Å². The van der Waals surface area contributed by atoms with Gasteiger partial charge >= 0.3 is 6.18 Å². The fourth-order valence-electron chi connectivity index (χ4n) is 2.78. The molecule has 14 heteroatoms. The molecule has 0 saturated carbocycles. The predicted octanol–water partition coefficient (Wildman–Crippen LogP) is 2.66. The van der Waals surface area contributed by atoms with Crippen molar-refractivity contribution in [2.75, 3.05) is 0 Å². The Morgan fingerprint density at radius 2 is 2.06 bits per heavy atom. The van der Waals surface area contributed by atoms with E-state index < -0.39 is 35.3 Å². The molecule has 0 bridgehead atoms. The van der Waals surface area contributed by atoms with Crippen LogP contribution in [0.3, 0.4) is 0 Å². The lowest BCUT2D eigenvalue weighted by Gasteiger charge is -2.15. The van der Waals surface area contributed by atoms with Crippen molar-refractivity contribution in [3.63, 3.8) is 0 Å². The van der Waals surface area contributed by atoms with Crippen molar-refractivity contribution in [3.8, 4) is 17.6 Å². The van der Waals surface area contributed by atoms with E-state index in [0.717, 1.165) is 29.1 Å². The first-order valence-corrected chi connectivity index (χ1v) is 9.51. The van der Waals surface area contributed by atoms with Gasteiger partial charge in [0.1, 0.15) is 5.75 Å². The van der Waals surface area contributed by atoms with Gasteiger partial charge in [-0.15, -0.1) is 0 Å². The normalized spacial score (nSPS) is 11.7. The second kappa shape index (κ2) is 9.59. The second-order valence-electron chi connectivity index (χ2n) is 6.62. The third-order valence-electron chi connectivity index (χ3n) is 4.34. The maximum Gasteiger partial charge on any atom is 0.437 e. The van der Waals surface area contributed by atoms with Crippen LogP contribution in [0.25, 0.3) is 5.57 Å². The molecule has 2 aromatic heterocycles. The molecule has 4 N–H and O–H groups in total. The smallest absolute Gasteiger partial charge is 0.437 e. The highest BCUT2D eigenvalue weighted by Gasteiger charge is 2.38. The molecule has 34 heavy (non-hydrogen) atoms. The molecule has 174 valence electrons. The van der Waals surface area contributed by atoms with Crippen molar-refractivity contribution in [3.05, 3.63) is 85.0 Å². The number of nitriles is 1. The lowest BCUT2D eigenvalue weighted by atomic mass is 10.1. The predicted molar refractivity (Wildman–Crippen MR) is 115 cm³/mol. The number of nitrogens with two attached hydrogens (primary N) is 1. The first kappa shape index (κ1) is 24.2. The average Bonchev–Trinajstić information content (AvgIpc) is 2.78. The van der Waals surface area contributed by atoms with E-state index in [4.69, 9.17) is 32.7 Å². The standard InChI is InChI=1S/C20H13ClF3N7O3/c21-13-1-10(5-25)2-14(4-13)34-16-17(20(22,23)24)28-9-31(19(16)33)8-11-3-15(12(6-26)7-27)29-30-18(11)32/h1-4,6-7,9,26H,8,27H2,(H,30,32)/b12-7+,26-6?. The molecule has 0 aliphatic carbocycles. The molecular formula is C20H13ClF3N7O3. The quantitative estimate of drug-likeness (QED) is 0.446. The zero-order valence-electron chi connectivity index (χ0n) is 16.9. The number of H-pyrrole nitrogens is 1. The fourth-order valence-corrected chi connectivity index (χ4v) is 3.01. The minimum Gasteiger partial charge on any atom is -0.449 e. The van der Waals surface area contributed by atoms with Gasteiger partial charge in [0.2, 0.25) is 5.75 Å². The highest BCUT2D eigenvalue weighted by molar-refractivity contribution is 6.30. The Balaban J connectivity index is 2.12. The number of aromatic nitrogens is 4. The van der Waals surface area contributed by atoms with Crippen molar-refractivity contribution in [2.45, 2.75) is 12.7 Å². The topological polar surface area (TPSA) is 164 Å². The number of hydrogen-bond donors (Lipinski definition) is 3. The Labute approximate surface area is 193 Å². The minimum absolute atomic E-state index is 0.00219. The third-order valence-corrected chi connectivity index (χ3v) is 4.56. The van der Waals surface area contributed by atoms with E-state index in [1.54, 1.807) is 6.07 Å². The lowest BCUT2D eigenvalue weighted by Crippen LogP contribution is -2.29. The molecular weight excluding hydrogens is 479 g/mol. The SMILES string of the molecule is N#Cc1cc(Cl)cc(Oc2c(C(F)(F)F)ncn(Cc3cc(/C(C=N)=C/N)n[nH]c3=O)c2=O)c1. The summed E-state index contributed by atoms with van der Waals surface area (Å²) in [4.78, 5) is 28.4. The molecule has 1 aromatic carbocycles. The summed E-state index contributed by atoms with van der Waals surface area (Å²) in [5.74, 6) is -1.46. The molecule has 3 rings (SSSR count). The maximum absolute atomic E-state index is 13.5. The van der Waals surface area contributed by atoms with Gasteiger partial charge < -0.3 is 15.9 Å². The number of nitrogens with one attached hydrogen (secondary N) is 2. The van der Waals surface area contributed by atoms with Gasteiger partial charge in [-0.3, -0.25) is 14.2 Å². The number of nitrogens with zero attached hydrogens (tertiary/aromatic N) is 4. The van der Waals surface area contributed by atoms with Gasteiger partial charge in [-0.1, -0.05) is 11.6 Å². The maximum atomic E-state index is 13.5. The number of halogens is 4. The van der Waals surface area contributed by atoms with Crippen LogP contribution in [0.1, 0.15) is 22.5 Å². The van der Waals surface area contributed by atoms with Crippen LogP contribution < -0.4 is 21.6 Å². The summed E-state index contributed by atoms with van der Waals surface area (Å²) in [5.41, 5.74) is 1.98. The molecule has 0 fully saturated rings. The zero-order chi connectivity index (χ0) is 25.0. The van der Waals surface area contributed by atoms with Crippen molar-refractivity contribution in [1.82, 2.24) is 19.7 Å². The molecule has 0 radical (unpaired) electrons. The highest BCUT2D eigenvalue weighted by atomic mass is 35.5. The van der Waals surface area contributed by atoms with E-state index in [-0.39, 0.29) is 33.2 Å². The van der Waals surface area contributed by atoms with Crippen LogP contribution in [-0.4, -0.2) is 26.0 Å². The largest absolute Gasteiger partial charge is 0.449 e. The van der Waals surface area contributed by atoms with E-state index in [2.05, 4.69) is 15.2 Å². The molecule has 0 aliphatic rings. The van der Waals surface area contributed by atoms with Crippen LogP contribution >= 0.6 is 11.6 Å². The van der Waals surface area contributed by atoms with Gasteiger partial charge in [-0.05, 0) is 24.3 Å². The number of aromatic amines is 1. The monoisotopic (exact) mass is 491 g/mol. The van der Waals surface area contributed by atoms with Crippen LogP contribution in [-0.2, 0) is 12.7 Å². The highest BCUT2D eigenvalue weighted by Crippen LogP contribution is 2.35. The molecule has 0 saturated heterocycles. The first-order valence-electron chi connectivity index (χ1n) is 9.14. The molecule has 0 aliphatic heterocycles. The van der Waals surface area contributed by atoms with Gasteiger partial charge in [0.15, 0.2) is 5.69 Å². The number of hydrogen-bond acceptors (Lipinski definition) is 8. The molecule has 0 atom stereocenters. The van der Waals surface area contributed by atoms with E-state index in [1.807, 2.05) is 0 Å². The number of benzene rings is 1. The van der Waals surface area contributed by atoms with E-state index in [0.29, 0.717) is 6.33 Å². The zero-order valence-corrected chi connectivity index (χ0v) is 17.6. The number of ether oxygens (including phenoxy) is 1. The van der Waals surface area contributed by atoms with Crippen molar-refractivity contribution in [1.29, 1.82) is 10.7 Å².